The van der Waals surface area contributed by atoms with Crippen molar-refractivity contribution in [3.63, 3.8) is 0 Å². The molecule has 5 aromatic rings. The molecule has 40 heavy (non-hydrogen) atoms. The lowest BCUT2D eigenvalue weighted by Crippen LogP contribution is -2.46. The Hall–Kier alpha value is -4.28. The summed E-state index contributed by atoms with van der Waals surface area (Å²) >= 11 is 0. The van der Waals surface area contributed by atoms with E-state index in [9.17, 15) is 9.90 Å². The molecule has 2 fully saturated rings. The van der Waals surface area contributed by atoms with Crippen LogP contribution in [0.15, 0.2) is 67.0 Å². The molecule has 1 N–H and O–H groups in total. The van der Waals surface area contributed by atoms with E-state index in [2.05, 4.69) is 60.3 Å². The Morgan fingerprint density at radius 2 is 1.75 bits per heavy atom. The zero-order valence-corrected chi connectivity index (χ0v) is 22.2. The molecule has 0 aliphatic carbocycles. The van der Waals surface area contributed by atoms with Crippen LogP contribution in [-0.4, -0.2) is 79.0 Å². The molecule has 3 aromatic heterocycles. The van der Waals surface area contributed by atoms with Gasteiger partial charge in [0.05, 0.1) is 48.7 Å². The van der Waals surface area contributed by atoms with Crippen molar-refractivity contribution in [1.29, 1.82) is 0 Å². The highest BCUT2D eigenvalue weighted by molar-refractivity contribution is 5.92. The molecule has 0 bridgehead atoms. The number of imidazole rings is 2. The minimum absolute atomic E-state index is 0.151. The Bertz CT molecular complexity index is 1670. The Kier molecular flexibility index (Phi) is 6.41. The summed E-state index contributed by atoms with van der Waals surface area (Å²) in [7, 11) is 0. The predicted octanol–water partition coefficient (Wildman–Crippen LogP) is 3.64. The Morgan fingerprint density at radius 3 is 2.50 bits per heavy atom. The highest BCUT2D eigenvalue weighted by Crippen LogP contribution is 2.25. The van der Waals surface area contributed by atoms with Gasteiger partial charge in [0.25, 0.3) is 0 Å². The smallest absolute Gasteiger partial charge is 0.335 e. The normalized spacial score (nSPS) is 17.9. The van der Waals surface area contributed by atoms with Crippen molar-refractivity contribution >= 4 is 34.0 Å². The second kappa shape index (κ2) is 10.4. The van der Waals surface area contributed by atoms with Gasteiger partial charge in [0.15, 0.2) is 5.65 Å². The van der Waals surface area contributed by atoms with E-state index < -0.39 is 5.97 Å². The highest BCUT2D eigenvalue weighted by Gasteiger charge is 2.25. The summed E-state index contributed by atoms with van der Waals surface area (Å²) < 4.78 is 9.97. The first-order valence-electron chi connectivity index (χ1n) is 13.8. The SMILES string of the molecule is O=C(O)c1ccc2nc(CN3CCN(c4ccc5ncn(Cc6ccccc6)c5n4)CC3)n(CC3CCO3)c2c1. The maximum atomic E-state index is 11.6. The molecule has 2 saturated heterocycles. The van der Waals surface area contributed by atoms with Gasteiger partial charge >= 0.3 is 5.97 Å². The average molecular weight is 538 g/mol. The number of carboxylic acid groups (broad SMARTS) is 1. The highest BCUT2D eigenvalue weighted by atomic mass is 16.5. The van der Waals surface area contributed by atoms with Crippen LogP contribution in [0, 0.1) is 0 Å². The van der Waals surface area contributed by atoms with Crippen molar-refractivity contribution in [2.45, 2.75) is 32.2 Å². The van der Waals surface area contributed by atoms with Gasteiger partial charge in [0.1, 0.15) is 17.2 Å². The van der Waals surface area contributed by atoms with Crippen molar-refractivity contribution < 1.29 is 14.6 Å². The second-order valence-corrected chi connectivity index (χ2v) is 10.6. The molecule has 2 aliphatic heterocycles. The van der Waals surface area contributed by atoms with E-state index >= 15 is 0 Å². The van der Waals surface area contributed by atoms with Gasteiger partial charge in [-0.3, -0.25) is 4.90 Å². The van der Waals surface area contributed by atoms with Gasteiger partial charge in [-0.05, 0) is 42.3 Å². The van der Waals surface area contributed by atoms with Gasteiger partial charge in [-0.2, -0.15) is 0 Å². The zero-order chi connectivity index (χ0) is 27.1. The van der Waals surface area contributed by atoms with Gasteiger partial charge < -0.3 is 23.9 Å². The Labute approximate surface area is 231 Å². The van der Waals surface area contributed by atoms with Crippen molar-refractivity contribution in [3.05, 3.63) is 83.9 Å². The zero-order valence-electron chi connectivity index (χ0n) is 22.2. The van der Waals surface area contributed by atoms with Crippen LogP contribution in [-0.2, 0) is 24.4 Å². The second-order valence-electron chi connectivity index (χ2n) is 10.6. The average Bonchev–Trinajstić information content (AvgIpc) is 3.51. The maximum absolute atomic E-state index is 11.6. The van der Waals surface area contributed by atoms with Crippen LogP contribution in [0.4, 0.5) is 5.82 Å². The molecule has 1 atom stereocenters. The molecule has 10 heteroatoms. The summed E-state index contributed by atoms with van der Waals surface area (Å²) in [5, 5.41) is 9.51. The van der Waals surface area contributed by atoms with Crippen LogP contribution in [0.25, 0.3) is 22.2 Å². The standard InChI is InChI=1S/C30H31N7O3/c38-30(39)22-6-7-24-26(16-22)37(18-23-10-15-40-23)28(32-24)19-34-11-13-35(14-12-34)27-9-8-25-29(33-27)36(20-31-25)17-21-4-2-1-3-5-21/h1-9,16,20,23H,10-15,17-19H2,(H,38,39). The van der Waals surface area contributed by atoms with Gasteiger partial charge in [0, 0.05) is 32.8 Å². The number of aromatic carboxylic acids is 1. The molecule has 7 rings (SSSR count). The van der Waals surface area contributed by atoms with E-state index in [-0.39, 0.29) is 11.7 Å². The lowest BCUT2D eigenvalue weighted by Gasteiger charge is -2.35. The van der Waals surface area contributed by atoms with E-state index in [1.165, 1.54) is 5.56 Å². The molecule has 0 spiro atoms. The molecule has 204 valence electrons. The van der Waals surface area contributed by atoms with E-state index in [0.29, 0.717) is 13.1 Å². The monoisotopic (exact) mass is 537 g/mol. The number of hydrogen-bond acceptors (Lipinski definition) is 7. The first-order chi connectivity index (χ1) is 19.6. The summed E-state index contributed by atoms with van der Waals surface area (Å²) in [6.07, 6.45) is 3.03. The number of rotatable bonds is 8. The number of nitrogens with zero attached hydrogens (tertiary/aromatic N) is 7. The summed E-state index contributed by atoms with van der Waals surface area (Å²) in [6, 6.07) is 19.7. The van der Waals surface area contributed by atoms with E-state index in [1.807, 2.05) is 18.5 Å². The largest absolute Gasteiger partial charge is 0.478 e. The summed E-state index contributed by atoms with van der Waals surface area (Å²) in [4.78, 5) is 30.8. The minimum Gasteiger partial charge on any atom is -0.478 e. The maximum Gasteiger partial charge on any atom is 0.335 e. The van der Waals surface area contributed by atoms with E-state index in [0.717, 1.165) is 79.6 Å². The van der Waals surface area contributed by atoms with E-state index in [1.54, 1.807) is 12.1 Å². The number of piperazine rings is 1. The fourth-order valence-electron chi connectivity index (χ4n) is 5.60. The number of hydrogen-bond donors (Lipinski definition) is 1. The van der Waals surface area contributed by atoms with Gasteiger partial charge in [-0.25, -0.2) is 19.7 Å². The predicted molar refractivity (Wildman–Crippen MR) is 152 cm³/mol. The van der Waals surface area contributed by atoms with Crippen LogP contribution in [0.5, 0.6) is 0 Å². The van der Waals surface area contributed by atoms with E-state index in [4.69, 9.17) is 14.7 Å². The number of pyridine rings is 1. The third kappa shape index (κ3) is 4.80. The van der Waals surface area contributed by atoms with Gasteiger partial charge in [-0.1, -0.05) is 30.3 Å². The quantitative estimate of drug-likeness (QED) is 0.320. The van der Waals surface area contributed by atoms with Gasteiger partial charge in [-0.15, -0.1) is 0 Å². The van der Waals surface area contributed by atoms with Crippen molar-refractivity contribution in [1.82, 2.24) is 29.0 Å². The number of anilines is 1. The summed E-state index contributed by atoms with van der Waals surface area (Å²) in [6.45, 7) is 6.40. The number of aromatic nitrogens is 5. The molecule has 0 amide bonds. The first-order valence-corrected chi connectivity index (χ1v) is 13.8. The third-order valence-corrected chi connectivity index (χ3v) is 7.96. The number of ether oxygens (including phenoxy) is 1. The van der Waals surface area contributed by atoms with Crippen molar-refractivity contribution in [3.8, 4) is 0 Å². The van der Waals surface area contributed by atoms with Crippen LogP contribution >= 0.6 is 0 Å². The number of benzene rings is 2. The fourth-order valence-corrected chi connectivity index (χ4v) is 5.60. The summed E-state index contributed by atoms with van der Waals surface area (Å²) in [5.74, 6) is 0.991. The number of carboxylic acids is 1. The van der Waals surface area contributed by atoms with Crippen LogP contribution in [0.3, 0.4) is 0 Å². The molecular formula is C30H31N7O3. The molecule has 5 heterocycles. The first kappa shape index (κ1) is 24.7. The Morgan fingerprint density at radius 1 is 0.950 bits per heavy atom. The third-order valence-electron chi connectivity index (χ3n) is 7.96. The number of carbonyl (C=O) groups is 1. The summed E-state index contributed by atoms with van der Waals surface area (Å²) in [5.41, 5.74) is 4.97. The molecule has 2 aliphatic rings. The lowest BCUT2D eigenvalue weighted by atomic mass is 10.1. The van der Waals surface area contributed by atoms with Gasteiger partial charge in [0.2, 0.25) is 0 Å². The molecule has 2 aromatic carbocycles. The van der Waals surface area contributed by atoms with Crippen LogP contribution in [0.1, 0.15) is 28.2 Å². The fraction of sp³-hybridized carbons (Fsp3) is 0.333. The molecular weight excluding hydrogens is 506 g/mol. The van der Waals surface area contributed by atoms with Crippen LogP contribution in [0.2, 0.25) is 0 Å². The molecule has 1 unspecified atom stereocenters. The molecule has 0 saturated carbocycles. The topological polar surface area (TPSA) is 102 Å². The lowest BCUT2D eigenvalue weighted by molar-refractivity contribution is -0.0592. The number of fused-ring (bicyclic) bond motifs is 2. The van der Waals surface area contributed by atoms with Crippen molar-refractivity contribution in [2.24, 2.45) is 0 Å². The minimum atomic E-state index is -0.929. The molecule has 10 nitrogen and oxygen atoms in total. The van der Waals surface area contributed by atoms with Crippen molar-refractivity contribution in [2.75, 3.05) is 37.7 Å². The Balaban J connectivity index is 1.07. The van der Waals surface area contributed by atoms with Crippen LogP contribution < -0.4 is 4.90 Å². The molecule has 0 radical (unpaired) electrons.